The Morgan fingerprint density at radius 1 is 0.571 bits per heavy atom. The molecular formula is C25H18O2S. The van der Waals surface area contributed by atoms with Crippen molar-refractivity contribution < 1.29 is 8.42 Å². The van der Waals surface area contributed by atoms with E-state index in [-0.39, 0.29) is 0 Å². The highest BCUT2D eigenvalue weighted by Crippen LogP contribution is 2.34. The van der Waals surface area contributed by atoms with Gasteiger partial charge in [0.1, 0.15) is 0 Å². The van der Waals surface area contributed by atoms with Gasteiger partial charge in [0.25, 0.3) is 0 Å². The van der Waals surface area contributed by atoms with Gasteiger partial charge in [-0.25, -0.2) is 8.42 Å². The highest BCUT2D eigenvalue weighted by Gasteiger charge is 2.25. The van der Waals surface area contributed by atoms with Gasteiger partial charge < -0.3 is 0 Å². The molecule has 0 unspecified atom stereocenters. The van der Waals surface area contributed by atoms with Gasteiger partial charge in [0.05, 0.1) is 4.91 Å². The topological polar surface area (TPSA) is 34.1 Å². The van der Waals surface area contributed by atoms with Crippen LogP contribution in [0.3, 0.4) is 0 Å². The first-order valence-corrected chi connectivity index (χ1v) is 10.7. The van der Waals surface area contributed by atoms with E-state index in [1.54, 1.807) is 19.1 Å². The molecule has 136 valence electrons. The standard InChI is InChI=1S/C25H18O2S/c1-17-6-13-25(28(17,26)27)24-12-11-22-15-21(9-10-23(22)16-24)20-8-7-18-4-2-3-5-19(18)14-20/h2-16H,1H3. The minimum Gasteiger partial charge on any atom is -0.219 e. The lowest BCUT2D eigenvalue weighted by Crippen LogP contribution is -2.00. The summed E-state index contributed by atoms with van der Waals surface area (Å²) in [5.41, 5.74) is 3.06. The molecule has 0 aliphatic carbocycles. The zero-order valence-electron chi connectivity index (χ0n) is 15.4. The fourth-order valence-corrected chi connectivity index (χ4v) is 5.02. The molecule has 1 aliphatic rings. The largest absolute Gasteiger partial charge is 0.219 e. The molecule has 2 nitrogen and oxygen atoms in total. The highest BCUT2D eigenvalue weighted by molar-refractivity contribution is 8.04. The number of hydrogen-bond donors (Lipinski definition) is 0. The second kappa shape index (κ2) is 6.18. The molecule has 4 aromatic rings. The van der Waals surface area contributed by atoms with E-state index in [1.807, 2.05) is 24.3 Å². The molecule has 0 saturated carbocycles. The van der Waals surface area contributed by atoms with Crippen molar-refractivity contribution in [1.29, 1.82) is 0 Å². The first-order valence-electron chi connectivity index (χ1n) is 9.19. The summed E-state index contributed by atoms with van der Waals surface area (Å²) < 4.78 is 24.9. The van der Waals surface area contributed by atoms with Crippen molar-refractivity contribution in [2.45, 2.75) is 6.92 Å². The molecule has 0 atom stereocenters. The second-order valence-corrected chi connectivity index (χ2v) is 9.24. The Labute approximate surface area is 164 Å². The zero-order chi connectivity index (χ0) is 19.3. The molecule has 1 heterocycles. The summed E-state index contributed by atoms with van der Waals surface area (Å²) >= 11 is 0. The highest BCUT2D eigenvalue weighted by atomic mass is 32.2. The van der Waals surface area contributed by atoms with Crippen LogP contribution < -0.4 is 0 Å². The second-order valence-electron chi connectivity index (χ2n) is 7.15. The van der Waals surface area contributed by atoms with Crippen molar-refractivity contribution in [3.63, 3.8) is 0 Å². The fraction of sp³-hybridized carbons (Fsp3) is 0.0400. The third kappa shape index (κ3) is 2.67. The van der Waals surface area contributed by atoms with E-state index in [0.717, 1.165) is 21.9 Å². The molecule has 0 aromatic heterocycles. The number of fused-ring (bicyclic) bond motifs is 2. The third-order valence-electron chi connectivity index (χ3n) is 5.39. The van der Waals surface area contributed by atoms with Gasteiger partial charge >= 0.3 is 0 Å². The Kier molecular flexibility index (Phi) is 3.74. The van der Waals surface area contributed by atoms with Gasteiger partial charge in [-0.3, -0.25) is 0 Å². The molecular weight excluding hydrogens is 364 g/mol. The van der Waals surface area contributed by atoms with Crippen LogP contribution in [0, 0.1) is 0 Å². The van der Waals surface area contributed by atoms with Crippen molar-refractivity contribution in [3.05, 3.63) is 101 Å². The van der Waals surface area contributed by atoms with Crippen LogP contribution in [0.15, 0.2) is 95.9 Å². The van der Waals surface area contributed by atoms with E-state index in [1.165, 1.54) is 16.3 Å². The van der Waals surface area contributed by atoms with E-state index < -0.39 is 9.84 Å². The average Bonchev–Trinajstić information content (AvgIpc) is 2.99. The van der Waals surface area contributed by atoms with Crippen molar-refractivity contribution in [2.75, 3.05) is 0 Å². The summed E-state index contributed by atoms with van der Waals surface area (Å²) in [6.45, 7) is 1.63. The summed E-state index contributed by atoms with van der Waals surface area (Å²) in [5, 5.41) is 4.57. The van der Waals surface area contributed by atoms with E-state index in [2.05, 4.69) is 54.6 Å². The monoisotopic (exact) mass is 382 g/mol. The maximum atomic E-state index is 12.4. The first kappa shape index (κ1) is 17.0. The van der Waals surface area contributed by atoms with Gasteiger partial charge in [0.15, 0.2) is 0 Å². The van der Waals surface area contributed by atoms with E-state index >= 15 is 0 Å². The van der Waals surface area contributed by atoms with Gasteiger partial charge in [-0.2, -0.15) is 0 Å². The lowest BCUT2D eigenvalue weighted by Gasteiger charge is -2.09. The third-order valence-corrected chi connectivity index (χ3v) is 7.33. The summed E-state index contributed by atoms with van der Waals surface area (Å²) in [7, 11) is -3.34. The predicted molar refractivity (Wildman–Crippen MR) is 118 cm³/mol. The Morgan fingerprint density at radius 3 is 1.68 bits per heavy atom. The molecule has 0 amide bonds. The van der Waals surface area contributed by atoms with Crippen LogP contribution in [0.4, 0.5) is 0 Å². The van der Waals surface area contributed by atoms with Crippen molar-refractivity contribution in [2.24, 2.45) is 0 Å². The molecule has 0 spiro atoms. The minimum absolute atomic E-state index is 0.380. The molecule has 0 N–H and O–H groups in total. The normalized spacial score (nSPS) is 15.6. The van der Waals surface area contributed by atoms with Gasteiger partial charge in [-0.15, -0.1) is 0 Å². The van der Waals surface area contributed by atoms with Crippen LogP contribution in [0.1, 0.15) is 12.5 Å². The van der Waals surface area contributed by atoms with Crippen LogP contribution in [0.25, 0.3) is 37.6 Å². The Balaban J connectivity index is 1.57. The smallest absolute Gasteiger partial charge is 0.203 e. The summed E-state index contributed by atoms with van der Waals surface area (Å²) in [6.07, 6.45) is 3.35. The number of sulfone groups is 1. The van der Waals surface area contributed by atoms with Crippen molar-refractivity contribution in [3.8, 4) is 11.1 Å². The Hall–Kier alpha value is -3.17. The molecule has 4 aromatic carbocycles. The lowest BCUT2D eigenvalue weighted by molar-refractivity contribution is 0.612. The van der Waals surface area contributed by atoms with Crippen LogP contribution >= 0.6 is 0 Å². The van der Waals surface area contributed by atoms with Gasteiger partial charge in [0, 0.05) is 4.91 Å². The van der Waals surface area contributed by atoms with Crippen LogP contribution in [0.5, 0.6) is 0 Å². The maximum Gasteiger partial charge on any atom is 0.203 e. The number of allylic oxidation sites excluding steroid dienone is 3. The summed E-state index contributed by atoms with van der Waals surface area (Å²) in [6, 6.07) is 27.0. The number of benzene rings is 4. The van der Waals surface area contributed by atoms with Gasteiger partial charge in [-0.05, 0) is 75.5 Å². The summed E-state index contributed by atoms with van der Waals surface area (Å²) in [4.78, 5) is 0.778. The first-order chi connectivity index (χ1) is 13.5. The van der Waals surface area contributed by atoms with E-state index in [0.29, 0.717) is 9.81 Å². The molecule has 28 heavy (non-hydrogen) atoms. The van der Waals surface area contributed by atoms with Crippen LogP contribution in [0.2, 0.25) is 0 Å². The molecule has 0 saturated heterocycles. The Morgan fingerprint density at radius 2 is 1.07 bits per heavy atom. The zero-order valence-corrected chi connectivity index (χ0v) is 16.2. The molecule has 1 aliphatic heterocycles. The van der Waals surface area contributed by atoms with E-state index in [4.69, 9.17) is 0 Å². The van der Waals surface area contributed by atoms with Crippen LogP contribution in [-0.2, 0) is 9.84 Å². The van der Waals surface area contributed by atoms with Gasteiger partial charge in [0.2, 0.25) is 9.84 Å². The van der Waals surface area contributed by atoms with E-state index in [9.17, 15) is 8.42 Å². The SMILES string of the molecule is CC1=CC=C(c2ccc3cc(-c4ccc5ccccc5c4)ccc3c2)S1(=O)=O. The number of hydrogen-bond acceptors (Lipinski definition) is 2. The lowest BCUT2D eigenvalue weighted by atomic mass is 9.98. The predicted octanol–water partition coefficient (Wildman–Crippen LogP) is 6.33. The number of rotatable bonds is 2. The van der Waals surface area contributed by atoms with Crippen LogP contribution in [-0.4, -0.2) is 8.42 Å². The fourth-order valence-electron chi connectivity index (χ4n) is 3.74. The quantitative estimate of drug-likeness (QED) is 0.406. The summed E-state index contributed by atoms with van der Waals surface area (Å²) in [5.74, 6) is 0. The molecule has 0 bridgehead atoms. The Bertz CT molecular complexity index is 1420. The average molecular weight is 382 g/mol. The molecule has 0 fully saturated rings. The minimum atomic E-state index is -3.34. The van der Waals surface area contributed by atoms with Crippen molar-refractivity contribution in [1.82, 2.24) is 0 Å². The van der Waals surface area contributed by atoms with Gasteiger partial charge in [-0.1, -0.05) is 60.7 Å². The maximum absolute atomic E-state index is 12.4. The molecule has 3 heteroatoms. The van der Waals surface area contributed by atoms with Crippen molar-refractivity contribution >= 4 is 36.3 Å². The molecule has 0 radical (unpaired) electrons. The molecule has 5 rings (SSSR count).